The van der Waals surface area contributed by atoms with Gasteiger partial charge in [-0.15, -0.1) is 0 Å². The molecule has 2 aromatic rings. The molecule has 1 N–H and O–H groups in total. The van der Waals surface area contributed by atoms with E-state index in [1.165, 1.54) is 6.07 Å². The number of rotatable bonds is 3. The molecule has 1 aromatic carbocycles. The normalized spacial score (nSPS) is 10.2. The number of Topliss-reactive ketones (excluding diaryl/α,β-unsaturated/α-hetero) is 1. The summed E-state index contributed by atoms with van der Waals surface area (Å²) < 4.78 is 6.11. The van der Waals surface area contributed by atoms with E-state index in [1.807, 2.05) is 12.1 Å². The molecule has 0 bridgehead atoms. The summed E-state index contributed by atoms with van der Waals surface area (Å²) in [5.41, 5.74) is 0.776. The smallest absolute Gasteiger partial charge is 0.380 e. The fourth-order valence-electron chi connectivity index (χ4n) is 1.33. The van der Waals surface area contributed by atoms with Gasteiger partial charge >= 0.3 is 11.8 Å². The average Bonchev–Trinajstić information content (AvgIpc) is 2.78. The molecule has 0 aliphatic rings. The molecule has 0 fully saturated rings. The third-order valence-electron chi connectivity index (χ3n) is 2.15. The molecule has 0 radical (unpaired) electrons. The molecule has 0 aliphatic carbocycles. The van der Waals surface area contributed by atoms with Crippen LogP contribution in [0.2, 0.25) is 0 Å². The lowest BCUT2D eigenvalue weighted by Gasteiger charge is -1.96. The number of carbonyl (C=O) groups is 2. The maximum absolute atomic E-state index is 11.1. The number of furan rings is 1. The van der Waals surface area contributed by atoms with Crippen molar-refractivity contribution in [2.75, 3.05) is 0 Å². The lowest BCUT2D eigenvalue weighted by molar-refractivity contribution is -0.131. The van der Waals surface area contributed by atoms with E-state index in [2.05, 4.69) is 15.9 Å². The van der Waals surface area contributed by atoms with Crippen molar-refractivity contribution in [2.24, 2.45) is 0 Å². The van der Waals surface area contributed by atoms with E-state index >= 15 is 0 Å². The summed E-state index contributed by atoms with van der Waals surface area (Å²) in [6.45, 7) is 0. The first-order chi connectivity index (χ1) is 8.08. The van der Waals surface area contributed by atoms with Crippen LogP contribution in [0.3, 0.4) is 0 Å². The minimum absolute atomic E-state index is 0.171. The van der Waals surface area contributed by atoms with Gasteiger partial charge in [0, 0.05) is 10.0 Å². The third-order valence-corrected chi connectivity index (χ3v) is 2.68. The first kappa shape index (κ1) is 11.6. The average molecular weight is 295 g/mol. The van der Waals surface area contributed by atoms with Crippen LogP contribution in [0.5, 0.6) is 0 Å². The molecule has 1 aromatic heterocycles. The van der Waals surface area contributed by atoms with Gasteiger partial charge < -0.3 is 9.52 Å². The van der Waals surface area contributed by atoms with Gasteiger partial charge in [0.2, 0.25) is 0 Å². The Hall–Kier alpha value is -1.88. The van der Waals surface area contributed by atoms with Crippen molar-refractivity contribution in [3.63, 3.8) is 0 Å². The summed E-state index contributed by atoms with van der Waals surface area (Å²) in [5.74, 6) is -2.28. The molecule has 0 saturated heterocycles. The molecule has 5 heteroatoms. The number of carboxylic acids is 1. The Bertz CT molecular complexity index is 568. The highest BCUT2D eigenvalue weighted by Gasteiger charge is 2.18. The van der Waals surface area contributed by atoms with Gasteiger partial charge in [0.1, 0.15) is 5.76 Å². The first-order valence-corrected chi connectivity index (χ1v) is 5.50. The van der Waals surface area contributed by atoms with Crippen molar-refractivity contribution in [1.29, 1.82) is 0 Å². The summed E-state index contributed by atoms with van der Waals surface area (Å²) in [7, 11) is 0. The number of benzene rings is 1. The Kier molecular flexibility index (Phi) is 3.10. The van der Waals surface area contributed by atoms with E-state index in [0.717, 1.165) is 10.0 Å². The van der Waals surface area contributed by atoms with Crippen molar-refractivity contribution >= 4 is 27.7 Å². The second-order valence-electron chi connectivity index (χ2n) is 3.31. The van der Waals surface area contributed by atoms with Crippen LogP contribution in [0.1, 0.15) is 10.6 Å². The second-order valence-corrected chi connectivity index (χ2v) is 4.22. The number of carbonyl (C=O) groups excluding carboxylic acids is 1. The van der Waals surface area contributed by atoms with Crippen LogP contribution in [-0.4, -0.2) is 16.9 Å². The van der Waals surface area contributed by atoms with Crippen LogP contribution >= 0.6 is 15.9 Å². The van der Waals surface area contributed by atoms with Crippen molar-refractivity contribution in [3.05, 3.63) is 46.6 Å². The Labute approximate surface area is 105 Å². The molecule has 4 nitrogen and oxygen atoms in total. The molecule has 86 valence electrons. The molecular formula is C12H7BrO4. The van der Waals surface area contributed by atoms with Gasteiger partial charge in [-0.05, 0) is 24.3 Å². The minimum Gasteiger partial charge on any atom is -0.475 e. The van der Waals surface area contributed by atoms with Gasteiger partial charge in [-0.1, -0.05) is 28.1 Å². The molecule has 0 atom stereocenters. The van der Waals surface area contributed by atoms with E-state index in [0.29, 0.717) is 5.76 Å². The predicted molar refractivity (Wildman–Crippen MR) is 63.8 cm³/mol. The van der Waals surface area contributed by atoms with Crippen molar-refractivity contribution in [1.82, 2.24) is 0 Å². The van der Waals surface area contributed by atoms with E-state index in [1.54, 1.807) is 18.2 Å². The van der Waals surface area contributed by atoms with Crippen LogP contribution in [-0.2, 0) is 4.79 Å². The summed E-state index contributed by atoms with van der Waals surface area (Å²) in [5, 5.41) is 8.54. The van der Waals surface area contributed by atoms with Crippen LogP contribution in [0.4, 0.5) is 0 Å². The summed E-state index contributed by atoms with van der Waals surface area (Å²) in [6, 6.07) is 10.2. The fourth-order valence-corrected chi connectivity index (χ4v) is 1.60. The zero-order chi connectivity index (χ0) is 12.4. The minimum atomic E-state index is -1.53. The molecule has 0 saturated carbocycles. The maximum atomic E-state index is 11.1. The molecule has 0 spiro atoms. The Morgan fingerprint density at radius 3 is 2.29 bits per heavy atom. The highest BCUT2D eigenvalue weighted by molar-refractivity contribution is 9.10. The van der Waals surface area contributed by atoms with Gasteiger partial charge in [0.15, 0.2) is 5.76 Å². The van der Waals surface area contributed by atoms with Crippen molar-refractivity contribution in [2.45, 2.75) is 0 Å². The SMILES string of the molecule is O=C(O)C(=O)c1ccc(-c2ccc(Br)cc2)o1. The lowest BCUT2D eigenvalue weighted by Crippen LogP contribution is -2.11. The topological polar surface area (TPSA) is 67.5 Å². The predicted octanol–water partition coefficient (Wildman–Crippen LogP) is 2.98. The first-order valence-electron chi connectivity index (χ1n) is 4.71. The molecule has 2 rings (SSSR count). The molecule has 1 heterocycles. The number of aliphatic carboxylic acids is 1. The monoisotopic (exact) mass is 294 g/mol. The Balaban J connectivity index is 2.33. The largest absolute Gasteiger partial charge is 0.475 e. The van der Waals surface area contributed by atoms with E-state index < -0.39 is 11.8 Å². The fraction of sp³-hybridized carbons (Fsp3) is 0. The molecule has 17 heavy (non-hydrogen) atoms. The number of hydrogen-bond acceptors (Lipinski definition) is 3. The van der Waals surface area contributed by atoms with Crippen LogP contribution in [0.25, 0.3) is 11.3 Å². The van der Waals surface area contributed by atoms with E-state index in [9.17, 15) is 9.59 Å². The number of halogens is 1. The second kappa shape index (κ2) is 4.55. The van der Waals surface area contributed by atoms with Crippen molar-refractivity contribution in [3.8, 4) is 11.3 Å². The highest BCUT2D eigenvalue weighted by Crippen LogP contribution is 2.24. The van der Waals surface area contributed by atoms with Gasteiger partial charge in [0.25, 0.3) is 0 Å². The summed E-state index contributed by atoms with van der Waals surface area (Å²) in [6.07, 6.45) is 0. The zero-order valence-electron chi connectivity index (χ0n) is 8.51. The lowest BCUT2D eigenvalue weighted by atomic mass is 10.2. The van der Waals surface area contributed by atoms with Crippen LogP contribution in [0.15, 0.2) is 45.3 Å². The number of carboxylic acid groups (broad SMARTS) is 1. The number of hydrogen-bond donors (Lipinski definition) is 1. The number of ketones is 1. The molecule has 0 unspecified atom stereocenters. The van der Waals surface area contributed by atoms with Gasteiger partial charge in [0.05, 0.1) is 0 Å². The van der Waals surface area contributed by atoms with E-state index in [-0.39, 0.29) is 5.76 Å². The van der Waals surface area contributed by atoms with Crippen LogP contribution in [0, 0.1) is 0 Å². The van der Waals surface area contributed by atoms with Gasteiger partial charge in [-0.3, -0.25) is 4.79 Å². The van der Waals surface area contributed by atoms with E-state index in [4.69, 9.17) is 9.52 Å². The van der Waals surface area contributed by atoms with Crippen LogP contribution < -0.4 is 0 Å². The third kappa shape index (κ3) is 2.45. The maximum Gasteiger partial charge on any atom is 0.380 e. The molecular weight excluding hydrogens is 288 g/mol. The van der Waals surface area contributed by atoms with Gasteiger partial charge in [-0.25, -0.2) is 4.79 Å². The molecule has 0 amide bonds. The summed E-state index contributed by atoms with van der Waals surface area (Å²) >= 11 is 3.30. The summed E-state index contributed by atoms with van der Waals surface area (Å²) in [4.78, 5) is 21.6. The highest BCUT2D eigenvalue weighted by atomic mass is 79.9. The standard InChI is InChI=1S/C12H7BrO4/c13-8-3-1-7(2-4-8)9-5-6-10(17-9)11(14)12(15)16/h1-6H,(H,15,16). The van der Waals surface area contributed by atoms with Gasteiger partial charge in [-0.2, -0.15) is 0 Å². The Morgan fingerprint density at radius 2 is 1.71 bits per heavy atom. The quantitative estimate of drug-likeness (QED) is 0.698. The zero-order valence-corrected chi connectivity index (χ0v) is 10.1. The molecule has 0 aliphatic heterocycles. The Morgan fingerprint density at radius 1 is 1.06 bits per heavy atom. The van der Waals surface area contributed by atoms with Crippen molar-refractivity contribution < 1.29 is 19.1 Å².